The lowest BCUT2D eigenvalue weighted by molar-refractivity contribution is 0.147. The number of likely N-dealkylation sites (tertiary alicyclic amines) is 1. The highest BCUT2D eigenvalue weighted by atomic mass is 15.3. The molecule has 1 unspecified atom stereocenters. The SMILES string of the molecule is CCC1CCCCN1CCNC(=NC)NCc1ccn(-c2ccccc2)n1. The number of piperidine rings is 1. The van der Waals surface area contributed by atoms with E-state index in [1.165, 1.54) is 32.2 Å². The van der Waals surface area contributed by atoms with Crippen LogP contribution in [0.15, 0.2) is 47.6 Å². The predicted molar refractivity (Wildman–Crippen MR) is 111 cm³/mol. The summed E-state index contributed by atoms with van der Waals surface area (Å²) < 4.78 is 1.90. The molecule has 2 heterocycles. The molecular weight excluding hydrogens is 336 g/mol. The van der Waals surface area contributed by atoms with E-state index in [4.69, 9.17) is 0 Å². The number of aromatic nitrogens is 2. The molecular formula is C21H32N6. The average molecular weight is 369 g/mol. The quantitative estimate of drug-likeness (QED) is 0.583. The first-order valence-corrected chi connectivity index (χ1v) is 10.1. The number of hydrogen-bond donors (Lipinski definition) is 2. The van der Waals surface area contributed by atoms with Gasteiger partial charge in [-0.25, -0.2) is 4.68 Å². The Morgan fingerprint density at radius 2 is 2.04 bits per heavy atom. The molecule has 1 atom stereocenters. The van der Waals surface area contributed by atoms with Gasteiger partial charge < -0.3 is 10.6 Å². The first-order chi connectivity index (χ1) is 13.3. The van der Waals surface area contributed by atoms with Crippen molar-refractivity contribution in [3.63, 3.8) is 0 Å². The second-order valence-electron chi connectivity index (χ2n) is 7.03. The van der Waals surface area contributed by atoms with Crippen LogP contribution in [0.4, 0.5) is 0 Å². The molecule has 0 radical (unpaired) electrons. The number of para-hydroxylation sites is 1. The highest BCUT2D eigenvalue weighted by molar-refractivity contribution is 5.79. The van der Waals surface area contributed by atoms with Crippen molar-refractivity contribution in [2.75, 3.05) is 26.7 Å². The third-order valence-corrected chi connectivity index (χ3v) is 5.24. The molecule has 0 saturated carbocycles. The molecule has 1 aliphatic rings. The maximum atomic E-state index is 4.62. The van der Waals surface area contributed by atoms with Crippen LogP contribution in [0, 0.1) is 0 Å². The minimum absolute atomic E-state index is 0.654. The summed E-state index contributed by atoms with van der Waals surface area (Å²) in [6.07, 6.45) is 7.28. The van der Waals surface area contributed by atoms with E-state index in [9.17, 15) is 0 Å². The molecule has 0 spiro atoms. The number of hydrogen-bond acceptors (Lipinski definition) is 3. The van der Waals surface area contributed by atoms with E-state index >= 15 is 0 Å². The molecule has 0 amide bonds. The lowest BCUT2D eigenvalue weighted by Crippen LogP contribution is -2.45. The molecule has 1 fully saturated rings. The molecule has 1 aromatic carbocycles. The third-order valence-electron chi connectivity index (χ3n) is 5.24. The van der Waals surface area contributed by atoms with Crippen molar-refractivity contribution in [2.45, 2.75) is 45.2 Å². The first-order valence-electron chi connectivity index (χ1n) is 10.1. The zero-order valence-electron chi connectivity index (χ0n) is 16.6. The minimum atomic E-state index is 0.654. The molecule has 6 nitrogen and oxygen atoms in total. The Labute approximate surface area is 162 Å². The van der Waals surface area contributed by atoms with E-state index in [2.05, 4.69) is 44.7 Å². The third kappa shape index (κ3) is 5.57. The summed E-state index contributed by atoms with van der Waals surface area (Å²) in [5.41, 5.74) is 2.06. The van der Waals surface area contributed by atoms with Gasteiger partial charge in [0.05, 0.1) is 17.9 Å². The van der Waals surface area contributed by atoms with Crippen LogP contribution in [0.2, 0.25) is 0 Å². The van der Waals surface area contributed by atoms with Gasteiger partial charge in [-0.05, 0) is 44.0 Å². The Bertz CT molecular complexity index is 708. The minimum Gasteiger partial charge on any atom is -0.355 e. The van der Waals surface area contributed by atoms with Crippen LogP contribution in [-0.4, -0.2) is 53.4 Å². The van der Waals surface area contributed by atoms with E-state index in [1.54, 1.807) is 0 Å². The van der Waals surface area contributed by atoms with Crippen molar-refractivity contribution in [3.8, 4) is 5.69 Å². The zero-order chi connectivity index (χ0) is 18.9. The summed E-state index contributed by atoms with van der Waals surface area (Å²) in [4.78, 5) is 6.95. The van der Waals surface area contributed by atoms with E-state index in [1.807, 2.05) is 42.2 Å². The van der Waals surface area contributed by atoms with Crippen molar-refractivity contribution in [2.24, 2.45) is 4.99 Å². The molecule has 0 aliphatic carbocycles. The van der Waals surface area contributed by atoms with Gasteiger partial charge in [0.15, 0.2) is 5.96 Å². The van der Waals surface area contributed by atoms with E-state index < -0.39 is 0 Å². The number of guanidine groups is 1. The highest BCUT2D eigenvalue weighted by Gasteiger charge is 2.19. The van der Waals surface area contributed by atoms with Gasteiger partial charge >= 0.3 is 0 Å². The number of rotatable bonds is 7. The molecule has 2 N–H and O–H groups in total. The largest absolute Gasteiger partial charge is 0.355 e. The summed E-state index contributed by atoms with van der Waals surface area (Å²) in [5, 5.41) is 11.4. The number of benzene rings is 1. The topological polar surface area (TPSA) is 57.5 Å². The van der Waals surface area contributed by atoms with Gasteiger partial charge in [-0.15, -0.1) is 0 Å². The van der Waals surface area contributed by atoms with Crippen LogP contribution in [0.5, 0.6) is 0 Å². The number of nitrogens with zero attached hydrogens (tertiary/aromatic N) is 4. The summed E-state index contributed by atoms with van der Waals surface area (Å²) >= 11 is 0. The standard InChI is InChI=1S/C21H32N6/c1-3-19-9-7-8-14-26(19)16-13-23-21(22-2)24-17-18-12-15-27(25-18)20-10-5-4-6-11-20/h4-6,10-12,15,19H,3,7-9,13-14,16-17H2,1-2H3,(H2,22,23,24). The van der Waals surface area contributed by atoms with Gasteiger partial charge in [-0.3, -0.25) is 9.89 Å². The Balaban J connectivity index is 1.43. The summed E-state index contributed by atoms with van der Waals surface area (Å²) in [6, 6.07) is 12.9. The van der Waals surface area contributed by atoms with Crippen LogP contribution in [-0.2, 0) is 6.54 Å². The zero-order valence-corrected chi connectivity index (χ0v) is 16.6. The average Bonchev–Trinajstić information content (AvgIpc) is 3.20. The van der Waals surface area contributed by atoms with Crippen LogP contribution in [0.3, 0.4) is 0 Å². The van der Waals surface area contributed by atoms with Crippen molar-refractivity contribution in [1.29, 1.82) is 0 Å². The Kier molecular flexibility index (Phi) is 7.27. The monoisotopic (exact) mass is 368 g/mol. The Morgan fingerprint density at radius 3 is 2.81 bits per heavy atom. The maximum absolute atomic E-state index is 4.62. The van der Waals surface area contributed by atoms with Crippen molar-refractivity contribution in [3.05, 3.63) is 48.3 Å². The number of aliphatic imine (C=N–C) groups is 1. The van der Waals surface area contributed by atoms with Gasteiger partial charge in [0.2, 0.25) is 0 Å². The van der Waals surface area contributed by atoms with E-state index in [-0.39, 0.29) is 0 Å². The summed E-state index contributed by atoms with van der Waals surface area (Å²) in [7, 11) is 1.81. The van der Waals surface area contributed by atoms with Crippen LogP contribution in [0.1, 0.15) is 38.3 Å². The molecule has 146 valence electrons. The molecule has 0 bridgehead atoms. The van der Waals surface area contributed by atoms with Crippen LogP contribution >= 0.6 is 0 Å². The van der Waals surface area contributed by atoms with Gasteiger partial charge in [0.25, 0.3) is 0 Å². The van der Waals surface area contributed by atoms with Gasteiger partial charge in [0, 0.05) is 32.4 Å². The lowest BCUT2D eigenvalue weighted by Gasteiger charge is -2.35. The second-order valence-corrected chi connectivity index (χ2v) is 7.03. The highest BCUT2D eigenvalue weighted by Crippen LogP contribution is 2.18. The lowest BCUT2D eigenvalue weighted by atomic mass is 10.0. The molecule has 1 aliphatic heterocycles. The fraction of sp³-hybridized carbons (Fsp3) is 0.524. The Morgan fingerprint density at radius 1 is 1.19 bits per heavy atom. The second kappa shape index (κ2) is 10.1. The predicted octanol–water partition coefficient (Wildman–Crippen LogP) is 2.80. The number of nitrogens with one attached hydrogen (secondary N) is 2. The van der Waals surface area contributed by atoms with Gasteiger partial charge in [-0.2, -0.15) is 5.10 Å². The fourth-order valence-corrected chi connectivity index (χ4v) is 3.71. The van der Waals surface area contributed by atoms with Crippen LogP contribution in [0.25, 0.3) is 5.69 Å². The van der Waals surface area contributed by atoms with Crippen LogP contribution < -0.4 is 10.6 Å². The molecule has 6 heteroatoms. The maximum Gasteiger partial charge on any atom is 0.191 e. The van der Waals surface area contributed by atoms with Crippen molar-refractivity contribution in [1.82, 2.24) is 25.3 Å². The fourth-order valence-electron chi connectivity index (χ4n) is 3.71. The summed E-state index contributed by atoms with van der Waals surface area (Å²) in [6.45, 7) is 6.16. The molecule has 1 aromatic heterocycles. The summed E-state index contributed by atoms with van der Waals surface area (Å²) in [5.74, 6) is 0.828. The first kappa shape index (κ1) is 19.4. The van der Waals surface area contributed by atoms with Gasteiger partial charge in [-0.1, -0.05) is 31.5 Å². The van der Waals surface area contributed by atoms with Crippen molar-refractivity contribution >= 4 is 5.96 Å². The van der Waals surface area contributed by atoms with E-state index in [0.29, 0.717) is 6.54 Å². The molecule has 27 heavy (non-hydrogen) atoms. The Hall–Kier alpha value is -2.34. The van der Waals surface area contributed by atoms with Crippen molar-refractivity contribution < 1.29 is 0 Å². The smallest absolute Gasteiger partial charge is 0.191 e. The normalized spacial score (nSPS) is 18.4. The van der Waals surface area contributed by atoms with E-state index in [0.717, 1.165) is 36.5 Å². The van der Waals surface area contributed by atoms with Gasteiger partial charge in [0.1, 0.15) is 0 Å². The molecule has 3 rings (SSSR count). The molecule has 2 aromatic rings. The molecule has 1 saturated heterocycles.